The van der Waals surface area contributed by atoms with E-state index < -0.39 is 0 Å². The number of carbonyl (C=O) groups excluding carboxylic acids is 1. The van der Waals surface area contributed by atoms with E-state index in [1.54, 1.807) is 18.3 Å². The van der Waals surface area contributed by atoms with Crippen LogP contribution >= 0.6 is 0 Å². The summed E-state index contributed by atoms with van der Waals surface area (Å²) < 4.78 is 1.95. The topological polar surface area (TPSA) is 62.5 Å². The average molecular weight is 309 g/mol. The van der Waals surface area contributed by atoms with Crippen LogP contribution in [0.25, 0.3) is 5.65 Å². The highest BCUT2D eigenvalue weighted by atomic mass is 16.1. The van der Waals surface area contributed by atoms with Gasteiger partial charge in [-0.1, -0.05) is 0 Å². The Balaban J connectivity index is 1.71. The SMILES string of the molecule is Cc1ccn2cc(CNC(=O)c3ccnc(N(C)C)c3)nc2c1. The van der Waals surface area contributed by atoms with Crippen molar-refractivity contribution < 1.29 is 4.79 Å². The van der Waals surface area contributed by atoms with Gasteiger partial charge in [-0.3, -0.25) is 4.79 Å². The number of aromatic nitrogens is 3. The monoisotopic (exact) mass is 309 g/mol. The minimum Gasteiger partial charge on any atom is -0.363 e. The maximum atomic E-state index is 12.3. The first-order chi connectivity index (χ1) is 11.0. The van der Waals surface area contributed by atoms with Gasteiger partial charge in [0.05, 0.1) is 12.2 Å². The van der Waals surface area contributed by atoms with Crippen LogP contribution in [-0.4, -0.2) is 34.4 Å². The molecule has 0 saturated heterocycles. The molecule has 23 heavy (non-hydrogen) atoms. The fourth-order valence-corrected chi connectivity index (χ4v) is 2.30. The van der Waals surface area contributed by atoms with E-state index in [9.17, 15) is 4.79 Å². The molecule has 0 aliphatic heterocycles. The van der Waals surface area contributed by atoms with Gasteiger partial charge in [-0.15, -0.1) is 0 Å². The normalized spacial score (nSPS) is 10.7. The summed E-state index contributed by atoms with van der Waals surface area (Å²) in [5.41, 5.74) is 3.45. The van der Waals surface area contributed by atoms with Crippen LogP contribution in [0.3, 0.4) is 0 Å². The molecule has 3 rings (SSSR count). The average Bonchev–Trinajstić information content (AvgIpc) is 2.94. The quantitative estimate of drug-likeness (QED) is 0.801. The van der Waals surface area contributed by atoms with Crippen molar-refractivity contribution in [2.75, 3.05) is 19.0 Å². The Kier molecular flexibility index (Phi) is 3.97. The van der Waals surface area contributed by atoms with Crippen LogP contribution in [0, 0.1) is 6.92 Å². The van der Waals surface area contributed by atoms with Crippen molar-refractivity contribution in [3.8, 4) is 0 Å². The van der Waals surface area contributed by atoms with Crippen LogP contribution in [0.5, 0.6) is 0 Å². The van der Waals surface area contributed by atoms with Gasteiger partial charge in [0, 0.05) is 38.2 Å². The van der Waals surface area contributed by atoms with E-state index in [1.165, 1.54) is 0 Å². The molecule has 1 amide bonds. The lowest BCUT2D eigenvalue weighted by Gasteiger charge is -2.11. The second-order valence-electron chi connectivity index (χ2n) is 5.68. The van der Waals surface area contributed by atoms with Crippen LogP contribution in [0.1, 0.15) is 21.6 Å². The molecule has 3 heterocycles. The maximum absolute atomic E-state index is 12.3. The molecule has 1 N–H and O–H groups in total. The Labute approximate surface area is 134 Å². The van der Waals surface area contributed by atoms with E-state index in [1.807, 2.05) is 54.8 Å². The number of hydrogen-bond acceptors (Lipinski definition) is 4. The van der Waals surface area contributed by atoms with E-state index in [-0.39, 0.29) is 5.91 Å². The summed E-state index contributed by atoms with van der Waals surface area (Å²) in [6, 6.07) is 7.51. The molecule has 3 aromatic heterocycles. The highest BCUT2D eigenvalue weighted by Gasteiger charge is 2.09. The Morgan fingerprint density at radius 3 is 2.91 bits per heavy atom. The van der Waals surface area contributed by atoms with Crippen molar-refractivity contribution >= 4 is 17.4 Å². The molecule has 6 nitrogen and oxygen atoms in total. The van der Waals surface area contributed by atoms with Crippen LogP contribution in [0.2, 0.25) is 0 Å². The van der Waals surface area contributed by atoms with Gasteiger partial charge in [0.15, 0.2) is 0 Å². The summed E-state index contributed by atoms with van der Waals surface area (Å²) in [5.74, 6) is 0.615. The Hall–Kier alpha value is -2.89. The van der Waals surface area contributed by atoms with Gasteiger partial charge >= 0.3 is 0 Å². The zero-order valence-corrected chi connectivity index (χ0v) is 13.4. The lowest BCUT2D eigenvalue weighted by Crippen LogP contribution is -2.23. The van der Waals surface area contributed by atoms with Crippen molar-refractivity contribution in [1.29, 1.82) is 0 Å². The molecular weight excluding hydrogens is 290 g/mol. The van der Waals surface area contributed by atoms with Gasteiger partial charge in [0.25, 0.3) is 5.91 Å². The zero-order chi connectivity index (χ0) is 16.4. The molecule has 0 aliphatic carbocycles. The van der Waals surface area contributed by atoms with Crippen LogP contribution in [0.15, 0.2) is 42.9 Å². The van der Waals surface area contributed by atoms with Crippen molar-refractivity contribution in [1.82, 2.24) is 19.7 Å². The highest BCUT2D eigenvalue weighted by Crippen LogP contribution is 2.10. The zero-order valence-electron chi connectivity index (χ0n) is 13.4. The molecule has 0 radical (unpaired) electrons. The summed E-state index contributed by atoms with van der Waals surface area (Å²) >= 11 is 0. The molecular formula is C17H19N5O. The number of nitrogens with zero attached hydrogens (tertiary/aromatic N) is 4. The van der Waals surface area contributed by atoms with Crippen LogP contribution < -0.4 is 10.2 Å². The molecule has 118 valence electrons. The largest absolute Gasteiger partial charge is 0.363 e. The number of aryl methyl sites for hydroxylation is 1. The van der Waals surface area contributed by atoms with Crippen molar-refractivity contribution in [3.05, 3.63) is 59.7 Å². The van der Waals surface area contributed by atoms with Crippen LogP contribution in [0.4, 0.5) is 5.82 Å². The standard InChI is InChI=1S/C17H19N5O/c1-12-5-7-22-11-14(20-16(22)8-12)10-19-17(23)13-4-6-18-15(9-13)21(2)3/h4-9,11H,10H2,1-3H3,(H,19,23). The van der Waals surface area contributed by atoms with Gasteiger partial charge in [-0.25, -0.2) is 9.97 Å². The first-order valence-corrected chi connectivity index (χ1v) is 7.39. The Bertz CT molecular complexity index is 853. The van der Waals surface area contributed by atoms with E-state index >= 15 is 0 Å². The third-order valence-electron chi connectivity index (χ3n) is 3.56. The van der Waals surface area contributed by atoms with E-state index in [0.717, 1.165) is 22.7 Å². The fraction of sp³-hybridized carbons (Fsp3) is 0.235. The number of imidazole rings is 1. The van der Waals surface area contributed by atoms with Gasteiger partial charge in [-0.05, 0) is 36.8 Å². The minimum absolute atomic E-state index is 0.135. The molecule has 3 aromatic rings. The lowest BCUT2D eigenvalue weighted by molar-refractivity contribution is 0.0950. The summed E-state index contributed by atoms with van der Waals surface area (Å²) in [5, 5.41) is 2.90. The third-order valence-corrected chi connectivity index (χ3v) is 3.56. The number of pyridine rings is 2. The summed E-state index contributed by atoms with van der Waals surface area (Å²) in [7, 11) is 3.78. The number of amides is 1. The van der Waals surface area contributed by atoms with Gasteiger partial charge < -0.3 is 14.6 Å². The molecule has 0 atom stereocenters. The number of hydrogen-bond donors (Lipinski definition) is 1. The van der Waals surface area contributed by atoms with E-state index in [0.29, 0.717) is 12.1 Å². The second kappa shape index (κ2) is 6.08. The van der Waals surface area contributed by atoms with Crippen molar-refractivity contribution in [2.45, 2.75) is 13.5 Å². The number of anilines is 1. The molecule has 0 fully saturated rings. The third kappa shape index (κ3) is 3.31. The van der Waals surface area contributed by atoms with Crippen molar-refractivity contribution in [2.24, 2.45) is 0 Å². The predicted molar refractivity (Wildman–Crippen MR) is 89.7 cm³/mol. The highest BCUT2D eigenvalue weighted by molar-refractivity contribution is 5.94. The van der Waals surface area contributed by atoms with Gasteiger partial charge in [0.1, 0.15) is 11.5 Å². The number of carbonyl (C=O) groups is 1. The first kappa shape index (κ1) is 15.0. The van der Waals surface area contributed by atoms with Crippen molar-refractivity contribution in [3.63, 3.8) is 0 Å². The molecule has 0 aliphatic rings. The minimum atomic E-state index is -0.135. The second-order valence-corrected chi connectivity index (χ2v) is 5.68. The maximum Gasteiger partial charge on any atom is 0.251 e. The lowest BCUT2D eigenvalue weighted by atomic mass is 10.2. The molecule has 0 aromatic carbocycles. The van der Waals surface area contributed by atoms with E-state index in [4.69, 9.17) is 0 Å². The van der Waals surface area contributed by atoms with E-state index in [2.05, 4.69) is 15.3 Å². The Morgan fingerprint density at radius 1 is 1.30 bits per heavy atom. The smallest absolute Gasteiger partial charge is 0.251 e. The summed E-state index contributed by atoms with van der Waals surface area (Å²) in [6.07, 6.45) is 5.53. The predicted octanol–water partition coefficient (Wildman–Crippen LogP) is 2.03. The molecule has 0 spiro atoms. The Morgan fingerprint density at radius 2 is 2.13 bits per heavy atom. The molecule has 0 bridgehead atoms. The molecule has 0 saturated carbocycles. The van der Waals surface area contributed by atoms with Gasteiger partial charge in [0.2, 0.25) is 0 Å². The molecule has 0 unspecified atom stereocenters. The number of nitrogens with one attached hydrogen (secondary N) is 1. The fourth-order valence-electron chi connectivity index (χ4n) is 2.30. The summed E-state index contributed by atoms with van der Waals surface area (Å²) in [6.45, 7) is 2.42. The number of fused-ring (bicyclic) bond motifs is 1. The van der Waals surface area contributed by atoms with Crippen LogP contribution in [-0.2, 0) is 6.54 Å². The first-order valence-electron chi connectivity index (χ1n) is 7.39. The number of rotatable bonds is 4. The summed E-state index contributed by atoms with van der Waals surface area (Å²) in [4.78, 5) is 22.9. The van der Waals surface area contributed by atoms with Gasteiger partial charge in [-0.2, -0.15) is 0 Å². The molecule has 6 heteroatoms.